The van der Waals surface area contributed by atoms with Gasteiger partial charge in [0.25, 0.3) is 0 Å². The molecule has 108 valence electrons. The summed E-state index contributed by atoms with van der Waals surface area (Å²) in [7, 11) is 1.52. The fraction of sp³-hybridized carbons (Fsp3) is 0.571. The maximum absolute atomic E-state index is 12.4. The zero-order valence-electron chi connectivity index (χ0n) is 11.2. The van der Waals surface area contributed by atoms with Crippen molar-refractivity contribution >= 4 is 0 Å². The molecule has 0 aliphatic heterocycles. The quantitative estimate of drug-likeness (QED) is 0.819. The van der Waals surface area contributed by atoms with Gasteiger partial charge in [-0.25, -0.2) is 0 Å². The average molecular weight is 275 g/mol. The van der Waals surface area contributed by atoms with E-state index in [0.717, 1.165) is 5.56 Å². The number of hydrogen-bond donors (Lipinski definition) is 1. The average Bonchev–Trinajstić information content (AvgIpc) is 2.37. The number of ether oxygens (including phenoxy) is 1. The van der Waals surface area contributed by atoms with Crippen LogP contribution in [0.3, 0.4) is 0 Å². The standard InChI is InChI=1S/C14H20F3NO/c1-3-18-12(9-10-14(15,16)17)13(19-2)11-7-5-4-6-8-11/h4-8,12-13,18H,3,9-10H2,1-2H3. The van der Waals surface area contributed by atoms with Gasteiger partial charge in [-0.1, -0.05) is 37.3 Å². The summed E-state index contributed by atoms with van der Waals surface area (Å²) in [4.78, 5) is 0. The molecule has 0 saturated carbocycles. The Balaban J connectivity index is 2.77. The Bertz CT molecular complexity index is 353. The van der Waals surface area contributed by atoms with Crippen molar-refractivity contribution in [1.29, 1.82) is 0 Å². The number of halogens is 3. The van der Waals surface area contributed by atoms with E-state index in [1.807, 2.05) is 37.3 Å². The van der Waals surface area contributed by atoms with Gasteiger partial charge in [0.2, 0.25) is 0 Å². The monoisotopic (exact) mass is 275 g/mol. The molecule has 0 bridgehead atoms. The van der Waals surface area contributed by atoms with Gasteiger partial charge in [0.05, 0.1) is 6.10 Å². The molecule has 0 saturated heterocycles. The first-order valence-electron chi connectivity index (χ1n) is 6.35. The van der Waals surface area contributed by atoms with E-state index in [1.54, 1.807) is 0 Å². The van der Waals surface area contributed by atoms with Crippen molar-refractivity contribution in [3.05, 3.63) is 35.9 Å². The molecule has 0 aromatic heterocycles. The molecule has 5 heteroatoms. The second kappa shape index (κ2) is 7.50. The zero-order chi connectivity index (χ0) is 14.3. The van der Waals surface area contributed by atoms with E-state index in [0.29, 0.717) is 6.54 Å². The third kappa shape index (κ3) is 5.61. The smallest absolute Gasteiger partial charge is 0.375 e. The number of nitrogens with one attached hydrogen (secondary N) is 1. The van der Waals surface area contributed by atoms with Gasteiger partial charge < -0.3 is 10.1 Å². The van der Waals surface area contributed by atoms with Gasteiger partial charge in [-0.15, -0.1) is 0 Å². The van der Waals surface area contributed by atoms with E-state index in [4.69, 9.17) is 4.74 Å². The van der Waals surface area contributed by atoms with Crippen molar-refractivity contribution in [3.63, 3.8) is 0 Å². The van der Waals surface area contributed by atoms with Gasteiger partial charge in [0.15, 0.2) is 0 Å². The normalized spacial score (nSPS) is 15.2. The van der Waals surface area contributed by atoms with Gasteiger partial charge >= 0.3 is 6.18 Å². The lowest BCUT2D eigenvalue weighted by Gasteiger charge is -2.27. The van der Waals surface area contributed by atoms with E-state index in [9.17, 15) is 13.2 Å². The van der Waals surface area contributed by atoms with E-state index in [-0.39, 0.29) is 18.6 Å². The van der Waals surface area contributed by atoms with Crippen LogP contribution in [0.4, 0.5) is 13.2 Å². The van der Waals surface area contributed by atoms with Crippen LogP contribution in [0.25, 0.3) is 0 Å². The van der Waals surface area contributed by atoms with E-state index in [2.05, 4.69) is 5.32 Å². The molecule has 19 heavy (non-hydrogen) atoms. The Morgan fingerprint density at radius 1 is 1.21 bits per heavy atom. The van der Waals surface area contributed by atoms with Crippen LogP contribution in [0, 0.1) is 0 Å². The summed E-state index contributed by atoms with van der Waals surface area (Å²) in [6, 6.07) is 8.97. The number of rotatable bonds is 7. The number of alkyl halides is 3. The van der Waals surface area contributed by atoms with Crippen LogP contribution < -0.4 is 5.32 Å². The van der Waals surface area contributed by atoms with Crippen LogP contribution in [0.15, 0.2) is 30.3 Å². The fourth-order valence-electron chi connectivity index (χ4n) is 2.12. The molecular formula is C14H20F3NO. The number of benzene rings is 1. The van der Waals surface area contributed by atoms with Crippen LogP contribution in [0.5, 0.6) is 0 Å². The van der Waals surface area contributed by atoms with Crippen molar-refractivity contribution < 1.29 is 17.9 Å². The van der Waals surface area contributed by atoms with Gasteiger partial charge in [-0.3, -0.25) is 0 Å². The number of hydrogen-bond acceptors (Lipinski definition) is 2. The van der Waals surface area contributed by atoms with Crippen LogP contribution >= 0.6 is 0 Å². The van der Waals surface area contributed by atoms with Crippen LogP contribution in [-0.2, 0) is 4.74 Å². The Kier molecular flexibility index (Phi) is 6.31. The molecule has 0 amide bonds. The summed E-state index contributed by atoms with van der Waals surface area (Å²) in [5, 5.41) is 3.08. The molecular weight excluding hydrogens is 255 g/mol. The van der Waals surface area contributed by atoms with Crippen molar-refractivity contribution in [2.45, 2.75) is 38.1 Å². The topological polar surface area (TPSA) is 21.3 Å². The zero-order valence-corrected chi connectivity index (χ0v) is 11.2. The van der Waals surface area contributed by atoms with Gasteiger partial charge in [0, 0.05) is 19.6 Å². The van der Waals surface area contributed by atoms with Crippen molar-refractivity contribution in [3.8, 4) is 0 Å². The van der Waals surface area contributed by atoms with E-state index >= 15 is 0 Å². The lowest BCUT2D eigenvalue weighted by molar-refractivity contribution is -0.138. The summed E-state index contributed by atoms with van der Waals surface area (Å²) in [6.07, 6.45) is -5.31. The molecule has 1 rings (SSSR count). The Labute approximate surface area is 112 Å². The summed E-state index contributed by atoms with van der Waals surface area (Å²) >= 11 is 0. The van der Waals surface area contributed by atoms with Gasteiger partial charge in [-0.05, 0) is 18.5 Å². The molecule has 2 atom stereocenters. The predicted molar refractivity (Wildman–Crippen MR) is 68.9 cm³/mol. The SMILES string of the molecule is CCNC(CCC(F)(F)F)C(OC)c1ccccc1. The Hall–Kier alpha value is -1.07. The fourth-order valence-corrected chi connectivity index (χ4v) is 2.12. The minimum absolute atomic E-state index is 0.00470. The second-order valence-electron chi connectivity index (χ2n) is 4.39. The predicted octanol–water partition coefficient (Wildman–Crippen LogP) is 3.69. The molecule has 1 N–H and O–H groups in total. The summed E-state index contributed by atoms with van der Waals surface area (Å²) in [6.45, 7) is 2.48. The molecule has 2 unspecified atom stereocenters. The highest BCUT2D eigenvalue weighted by Gasteiger charge is 2.31. The lowest BCUT2D eigenvalue weighted by Crippen LogP contribution is -2.36. The molecule has 0 spiro atoms. The number of methoxy groups -OCH3 is 1. The molecule has 1 aromatic carbocycles. The van der Waals surface area contributed by atoms with Crippen molar-refractivity contribution in [2.24, 2.45) is 0 Å². The van der Waals surface area contributed by atoms with Crippen molar-refractivity contribution in [1.82, 2.24) is 5.32 Å². The highest BCUT2D eigenvalue weighted by atomic mass is 19.4. The Morgan fingerprint density at radius 2 is 1.84 bits per heavy atom. The lowest BCUT2D eigenvalue weighted by atomic mass is 9.98. The summed E-state index contributed by atoms with van der Waals surface area (Å²) in [5.74, 6) is 0. The first-order valence-corrected chi connectivity index (χ1v) is 6.35. The van der Waals surface area contributed by atoms with Crippen molar-refractivity contribution in [2.75, 3.05) is 13.7 Å². The minimum Gasteiger partial charge on any atom is -0.375 e. The Morgan fingerprint density at radius 3 is 2.32 bits per heavy atom. The third-order valence-electron chi connectivity index (χ3n) is 2.95. The highest BCUT2D eigenvalue weighted by molar-refractivity contribution is 5.19. The van der Waals surface area contributed by atoms with Gasteiger partial charge in [-0.2, -0.15) is 13.2 Å². The molecule has 0 radical (unpaired) electrons. The molecule has 0 aliphatic carbocycles. The van der Waals surface area contributed by atoms with E-state index in [1.165, 1.54) is 7.11 Å². The van der Waals surface area contributed by atoms with Crippen LogP contribution in [0.1, 0.15) is 31.4 Å². The molecule has 0 fully saturated rings. The van der Waals surface area contributed by atoms with E-state index < -0.39 is 12.6 Å². The van der Waals surface area contributed by atoms with Crippen LogP contribution in [-0.4, -0.2) is 25.9 Å². The third-order valence-corrected chi connectivity index (χ3v) is 2.95. The van der Waals surface area contributed by atoms with Crippen LogP contribution in [0.2, 0.25) is 0 Å². The summed E-state index contributed by atoms with van der Waals surface area (Å²) in [5.41, 5.74) is 0.887. The molecule has 0 aliphatic rings. The molecule has 0 heterocycles. The maximum Gasteiger partial charge on any atom is 0.389 e. The minimum atomic E-state index is -4.14. The molecule has 2 nitrogen and oxygen atoms in total. The van der Waals surface area contributed by atoms with Gasteiger partial charge in [0.1, 0.15) is 0 Å². The summed E-state index contributed by atoms with van der Waals surface area (Å²) < 4.78 is 42.5. The molecule has 1 aromatic rings. The maximum atomic E-state index is 12.4. The number of likely N-dealkylation sites (N-methyl/N-ethyl adjacent to an activating group) is 1. The largest absolute Gasteiger partial charge is 0.389 e. The first kappa shape index (κ1) is 16.0. The highest BCUT2D eigenvalue weighted by Crippen LogP contribution is 2.28. The second-order valence-corrected chi connectivity index (χ2v) is 4.39. The first-order chi connectivity index (χ1) is 8.98.